The molecule has 0 atom stereocenters. The number of anilines is 1. The summed E-state index contributed by atoms with van der Waals surface area (Å²) in [6, 6.07) is 18.5. The van der Waals surface area contributed by atoms with Gasteiger partial charge in [0.1, 0.15) is 16.6 Å². The minimum absolute atomic E-state index is 0.0301. The summed E-state index contributed by atoms with van der Waals surface area (Å²) in [4.78, 5) is 0.0901. The highest BCUT2D eigenvalue weighted by Crippen LogP contribution is 2.30. The van der Waals surface area contributed by atoms with Crippen LogP contribution >= 0.6 is 11.3 Å². The van der Waals surface area contributed by atoms with Crippen molar-refractivity contribution in [3.8, 4) is 5.75 Å². The minimum Gasteiger partial charge on any atom is -0.492 e. The van der Waals surface area contributed by atoms with Crippen LogP contribution in [0.25, 0.3) is 0 Å². The molecule has 0 aliphatic carbocycles. The predicted octanol–water partition coefficient (Wildman–Crippen LogP) is 3.81. The minimum atomic E-state index is -3.88. The molecule has 0 radical (unpaired) electrons. The van der Waals surface area contributed by atoms with Crippen molar-refractivity contribution in [3.05, 3.63) is 72.1 Å². The van der Waals surface area contributed by atoms with E-state index < -0.39 is 20.0 Å². The molecule has 0 bridgehead atoms. The van der Waals surface area contributed by atoms with Crippen molar-refractivity contribution < 1.29 is 21.6 Å². The average Bonchev–Trinajstić information content (AvgIpc) is 3.52. The highest BCUT2D eigenvalue weighted by Gasteiger charge is 2.30. The van der Waals surface area contributed by atoms with Crippen LogP contribution in [0.4, 0.5) is 5.69 Å². The molecule has 7 nitrogen and oxygen atoms in total. The van der Waals surface area contributed by atoms with Crippen LogP contribution in [0.1, 0.15) is 12.8 Å². The van der Waals surface area contributed by atoms with Crippen molar-refractivity contribution in [1.82, 2.24) is 4.31 Å². The van der Waals surface area contributed by atoms with Crippen LogP contribution in [0.15, 0.2) is 81.2 Å². The van der Waals surface area contributed by atoms with Crippen molar-refractivity contribution in [1.29, 1.82) is 0 Å². The van der Waals surface area contributed by atoms with Gasteiger partial charge in [-0.15, -0.1) is 11.3 Å². The topological polar surface area (TPSA) is 84.0 Å². The van der Waals surface area contributed by atoms with E-state index in [-0.39, 0.29) is 27.9 Å². The number of nitrogens with zero attached hydrogens (tertiary/aromatic N) is 2. The largest absolute Gasteiger partial charge is 0.492 e. The molecule has 4 rings (SSSR count). The number of sulfonamides is 2. The second-order valence-corrected chi connectivity index (χ2v) is 12.3. The maximum atomic E-state index is 13.4. The van der Waals surface area contributed by atoms with Crippen LogP contribution < -0.4 is 9.04 Å². The molecule has 0 amide bonds. The Morgan fingerprint density at radius 1 is 0.906 bits per heavy atom. The molecular formula is C22H24N2O5S3. The molecule has 0 N–H and O–H groups in total. The van der Waals surface area contributed by atoms with Gasteiger partial charge < -0.3 is 4.74 Å². The van der Waals surface area contributed by atoms with E-state index in [4.69, 9.17) is 4.74 Å². The fraction of sp³-hybridized carbons (Fsp3) is 0.273. The van der Waals surface area contributed by atoms with Crippen LogP contribution in [-0.4, -0.2) is 47.4 Å². The molecule has 32 heavy (non-hydrogen) atoms. The van der Waals surface area contributed by atoms with E-state index in [1.165, 1.54) is 26.8 Å². The van der Waals surface area contributed by atoms with E-state index in [1.54, 1.807) is 35.7 Å². The highest BCUT2D eigenvalue weighted by molar-refractivity contribution is 7.94. The average molecular weight is 493 g/mol. The van der Waals surface area contributed by atoms with Gasteiger partial charge in [0.05, 0.1) is 17.1 Å². The summed E-state index contributed by atoms with van der Waals surface area (Å²) in [6.07, 6.45) is 1.66. The van der Waals surface area contributed by atoms with Gasteiger partial charge in [0.2, 0.25) is 10.0 Å². The first kappa shape index (κ1) is 22.8. The first-order valence-electron chi connectivity index (χ1n) is 10.2. The number of benzene rings is 2. The lowest BCUT2D eigenvalue weighted by Crippen LogP contribution is -2.34. The standard InChI is InChI=1S/C22H24N2O5S3/c25-31(26,23-13-4-5-14-23)21-11-6-8-19(18-21)24(32(27,28)22-12-7-17-30-22)15-16-29-20-9-2-1-3-10-20/h1-3,6-12,17-18H,4-5,13-16H2. The Labute approximate surface area is 193 Å². The summed E-state index contributed by atoms with van der Waals surface area (Å²) in [6.45, 7) is 1.10. The number of ether oxygens (including phenoxy) is 1. The molecule has 10 heteroatoms. The number of rotatable bonds is 9. The third-order valence-corrected chi connectivity index (χ3v) is 10.2. The molecule has 1 fully saturated rings. The Balaban J connectivity index is 1.65. The smallest absolute Gasteiger partial charge is 0.273 e. The molecule has 0 saturated carbocycles. The quantitative estimate of drug-likeness (QED) is 0.454. The van der Waals surface area contributed by atoms with Gasteiger partial charge in [-0.1, -0.05) is 30.3 Å². The molecule has 1 aromatic heterocycles. The van der Waals surface area contributed by atoms with E-state index in [1.807, 2.05) is 18.2 Å². The van der Waals surface area contributed by atoms with Crippen molar-refractivity contribution in [2.24, 2.45) is 0 Å². The van der Waals surface area contributed by atoms with E-state index in [2.05, 4.69) is 0 Å². The first-order valence-corrected chi connectivity index (χ1v) is 14.0. The van der Waals surface area contributed by atoms with Gasteiger partial charge in [0, 0.05) is 13.1 Å². The molecule has 170 valence electrons. The SMILES string of the molecule is O=S(=O)(c1cccc(N(CCOc2ccccc2)S(=O)(=O)c2cccs2)c1)N1CCCC1. The molecule has 0 unspecified atom stereocenters. The second-order valence-electron chi connectivity index (χ2n) is 7.28. The maximum Gasteiger partial charge on any atom is 0.273 e. The van der Waals surface area contributed by atoms with Crippen LogP contribution in [0, 0.1) is 0 Å². The Bertz CT molecular complexity index is 1240. The predicted molar refractivity (Wildman–Crippen MR) is 125 cm³/mol. The van der Waals surface area contributed by atoms with Crippen LogP contribution in [0.3, 0.4) is 0 Å². The van der Waals surface area contributed by atoms with Crippen LogP contribution in [0.2, 0.25) is 0 Å². The molecule has 1 aliphatic heterocycles. The highest BCUT2D eigenvalue weighted by atomic mass is 32.2. The summed E-state index contributed by atoms with van der Waals surface area (Å²) in [5.74, 6) is 0.631. The fourth-order valence-electron chi connectivity index (χ4n) is 3.55. The first-order chi connectivity index (χ1) is 15.4. The maximum absolute atomic E-state index is 13.4. The second kappa shape index (κ2) is 9.62. The molecular weight excluding hydrogens is 468 g/mol. The Hall–Kier alpha value is -2.40. The van der Waals surface area contributed by atoms with E-state index in [0.29, 0.717) is 18.8 Å². The Morgan fingerprint density at radius 2 is 1.66 bits per heavy atom. The van der Waals surface area contributed by atoms with E-state index in [0.717, 1.165) is 24.2 Å². The monoisotopic (exact) mass is 492 g/mol. The lowest BCUT2D eigenvalue weighted by molar-refractivity contribution is 0.328. The lowest BCUT2D eigenvalue weighted by Gasteiger charge is -2.25. The third-order valence-electron chi connectivity index (χ3n) is 5.15. The molecule has 2 heterocycles. The molecule has 0 spiro atoms. The normalized spacial score (nSPS) is 15.0. The number of hydrogen-bond donors (Lipinski definition) is 0. The Kier molecular flexibility index (Phi) is 6.85. The molecule has 3 aromatic rings. The zero-order valence-corrected chi connectivity index (χ0v) is 19.8. The summed E-state index contributed by atoms with van der Waals surface area (Å²) in [5, 5.41) is 1.69. The number of para-hydroxylation sites is 1. The molecule has 2 aromatic carbocycles. The van der Waals surface area contributed by atoms with Crippen molar-refractivity contribution >= 4 is 37.1 Å². The van der Waals surface area contributed by atoms with Crippen molar-refractivity contribution in [3.63, 3.8) is 0 Å². The zero-order valence-electron chi connectivity index (χ0n) is 17.3. The van der Waals surface area contributed by atoms with Crippen molar-refractivity contribution in [2.45, 2.75) is 21.9 Å². The summed E-state index contributed by atoms with van der Waals surface area (Å²) in [5.41, 5.74) is 0.287. The van der Waals surface area contributed by atoms with Gasteiger partial charge in [-0.05, 0) is 54.6 Å². The van der Waals surface area contributed by atoms with Gasteiger partial charge in [-0.25, -0.2) is 16.8 Å². The van der Waals surface area contributed by atoms with Gasteiger partial charge in [0.15, 0.2) is 0 Å². The summed E-state index contributed by atoms with van der Waals surface area (Å²) < 4.78 is 61.4. The van der Waals surface area contributed by atoms with Crippen LogP contribution in [0.5, 0.6) is 5.75 Å². The Morgan fingerprint density at radius 3 is 2.34 bits per heavy atom. The number of hydrogen-bond acceptors (Lipinski definition) is 6. The van der Waals surface area contributed by atoms with Crippen LogP contribution in [-0.2, 0) is 20.0 Å². The third kappa shape index (κ3) is 4.83. The lowest BCUT2D eigenvalue weighted by atomic mass is 10.3. The van der Waals surface area contributed by atoms with Gasteiger partial charge in [0.25, 0.3) is 10.0 Å². The van der Waals surface area contributed by atoms with Gasteiger partial charge >= 0.3 is 0 Å². The molecule has 1 aliphatic rings. The van der Waals surface area contributed by atoms with Gasteiger partial charge in [-0.2, -0.15) is 4.31 Å². The van der Waals surface area contributed by atoms with E-state index >= 15 is 0 Å². The summed E-state index contributed by atoms with van der Waals surface area (Å²) in [7, 11) is -7.56. The van der Waals surface area contributed by atoms with Crippen molar-refractivity contribution in [2.75, 3.05) is 30.5 Å². The molecule has 1 saturated heterocycles. The van der Waals surface area contributed by atoms with Gasteiger partial charge in [-0.3, -0.25) is 4.31 Å². The fourth-order valence-corrected chi connectivity index (χ4v) is 7.65. The zero-order chi connectivity index (χ0) is 22.6. The number of thiophene rings is 1. The summed E-state index contributed by atoms with van der Waals surface area (Å²) >= 11 is 1.12. The van der Waals surface area contributed by atoms with E-state index in [9.17, 15) is 16.8 Å².